The average molecular weight is 386 g/mol. The number of fused-ring (bicyclic) bond motifs is 1. The molecular formula is C22H18N4O3. The highest BCUT2D eigenvalue weighted by Crippen LogP contribution is 2.34. The van der Waals surface area contributed by atoms with Gasteiger partial charge in [0.1, 0.15) is 5.82 Å². The van der Waals surface area contributed by atoms with Gasteiger partial charge in [-0.2, -0.15) is 0 Å². The summed E-state index contributed by atoms with van der Waals surface area (Å²) in [5, 5.41) is 12.0. The van der Waals surface area contributed by atoms with Crippen molar-refractivity contribution in [1.82, 2.24) is 9.55 Å². The molecule has 0 radical (unpaired) electrons. The highest BCUT2D eigenvalue weighted by atomic mass is 16.6. The van der Waals surface area contributed by atoms with Crippen molar-refractivity contribution in [3.8, 4) is 11.3 Å². The first kappa shape index (κ1) is 18.4. The van der Waals surface area contributed by atoms with E-state index < -0.39 is 4.92 Å². The molecule has 0 amide bonds. The molecule has 2 N–H and O–H groups in total. The summed E-state index contributed by atoms with van der Waals surface area (Å²) in [6.07, 6.45) is 1.64. The Bertz CT molecular complexity index is 1270. The molecule has 0 saturated heterocycles. The molecule has 0 aliphatic carbocycles. The van der Waals surface area contributed by atoms with Crippen molar-refractivity contribution in [1.29, 1.82) is 0 Å². The maximum atomic E-state index is 13.4. The molecule has 1 unspecified atom stereocenters. The maximum Gasteiger partial charge on any atom is 0.270 e. The topological polar surface area (TPSA) is 104 Å². The van der Waals surface area contributed by atoms with Gasteiger partial charge in [0.2, 0.25) is 0 Å². The predicted octanol–water partition coefficient (Wildman–Crippen LogP) is 4.16. The average Bonchev–Trinajstić information content (AvgIpc) is 2.75. The number of non-ortho nitro benzene ring substituents is 1. The minimum Gasteiger partial charge on any atom is -0.384 e. The summed E-state index contributed by atoms with van der Waals surface area (Å²) in [6.45, 7) is 1.87. The lowest BCUT2D eigenvalue weighted by molar-refractivity contribution is -0.384. The van der Waals surface area contributed by atoms with Crippen molar-refractivity contribution >= 4 is 22.3 Å². The number of aromatic nitrogens is 2. The molecule has 2 aromatic heterocycles. The number of hydrogen-bond acceptors (Lipinski definition) is 5. The third kappa shape index (κ3) is 3.12. The molecule has 4 rings (SSSR count). The van der Waals surface area contributed by atoms with Crippen molar-refractivity contribution in [2.45, 2.75) is 13.0 Å². The first-order valence-corrected chi connectivity index (χ1v) is 9.07. The van der Waals surface area contributed by atoms with Gasteiger partial charge in [-0.25, -0.2) is 0 Å². The Morgan fingerprint density at radius 1 is 1.03 bits per heavy atom. The van der Waals surface area contributed by atoms with Crippen molar-refractivity contribution < 1.29 is 4.92 Å². The SMILES string of the molecule is CC(c1ccccc1)n1c(N)c(-c2ccccn2)c2ccc([N+](=O)[O-])cc2c1=O. The first-order valence-electron chi connectivity index (χ1n) is 9.07. The summed E-state index contributed by atoms with van der Waals surface area (Å²) >= 11 is 0. The molecule has 0 saturated carbocycles. The Morgan fingerprint density at radius 2 is 1.76 bits per heavy atom. The van der Waals surface area contributed by atoms with Crippen LogP contribution in [0.5, 0.6) is 0 Å². The van der Waals surface area contributed by atoms with Crippen LogP contribution < -0.4 is 11.3 Å². The second-order valence-electron chi connectivity index (χ2n) is 6.72. The number of anilines is 1. The second-order valence-corrected chi connectivity index (χ2v) is 6.72. The fraction of sp³-hybridized carbons (Fsp3) is 0.0909. The number of nitrogens with two attached hydrogens (primary N) is 1. The summed E-state index contributed by atoms with van der Waals surface area (Å²) in [5.74, 6) is 0.270. The Balaban J connectivity index is 2.11. The molecule has 0 aliphatic rings. The van der Waals surface area contributed by atoms with Gasteiger partial charge in [-0.05, 0) is 30.7 Å². The lowest BCUT2D eigenvalue weighted by Gasteiger charge is -2.22. The van der Waals surface area contributed by atoms with Crippen LogP contribution in [-0.4, -0.2) is 14.5 Å². The van der Waals surface area contributed by atoms with Gasteiger partial charge in [0, 0.05) is 29.3 Å². The fourth-order valence-corrected chi connectivity index (χ4v) is 3.58. The van der Waals surface area contributed by atoms with Crippen LogP contribution in [0.1, 0.15) is 18.5 Å². The van der Waals surface area contributed by atoms with E-state index in [4.69, 9.17) is 5.73 Å². The van der Waals surface area contributed by atoms with Crippen molar-refractivity contribution in [3.05, 3.63) is 99.0 Å². The number of nitrogen functional groups attached to an aromatic ring is 1. The van der Waals surface area contributed by atoms with Gasteiger partial charge in [0.25, 0.3) is 11.2 Å². The van der Waals surface area contributed by atoms with Gasteiger partial charge in [-0.3, -0.25) is 24.5 Å². The van der Waals surface area contributed by atoms with E-state index in [1.165, 1.54) is 16.7 Å². The number of benzene rings is 2. The largest absolute Gasteiger partial charge is 0.384 e. The molecule has 0 aliphatic heterocycles. The number of hydrogen-bond donors (Lipinski definition) is 1. The lowest BCUT2D eigenvalue weighted by atomic mass is 10.0. The standard InChI is InChI=1S/C22H18N4O3/c1-14(15-7-3-2-4-8-15)25-21(23)20(19-9-5-6-12-24-19)17-11-10-16(26(28)29)13-18(17)22(25)27/h2-14H,23H2,1H3. The van der Waals surface area contributed by atoms with Crippen LogP contribution in [0.25, 0.3) is 22.0 Å². The van der Waals surface area contributed by atoms with Crippen LogP contribution >= 0.6 is 0 Å². The third-order valence-electron chi connectivity index (χ3n) is 5.04. The van der Waals surface area contributed by atoms with Gasteiger partial charge in [0.15, 0.2) is 0 Å². The Morgan fingerprint density at radius 3 is 2.41 bits per heavy atom. The van der Waals surface area contributed by atoms with Gasteiger partial charge in [0.05, 0.1) is 22.0 Å². The number of nitrogens with zero attached hydrogens (tertiary/aromatic N) is 3. The molecule has 0 spiro atoms. The highest BCUT2D eigenvalue weighted by molar-refractivity contribution is 6.00. The van der Waals surface area contributed by atoms with Gasteiger partial charge in [-0.15, -0.1) is 0 Å². The molecule has 0 bridgehead atoms. The van der Waals surface area contributed by atoms with E-state index in [-0.39, 0.29) is 28.5 Å². The van der Waals surface area contributed by atoms with Crippen LogP contribution in [-0.2, 0) is 0 Å². The van der Waals surface area contributed by atoms with Crippen LogP contribution in [0, 0.1) is 10.1 Å². The van der Waals surface area contributed by atoms with Gasteiger partial charge < -0.3 is 5.73 Å². The van der Waals surface area contributed by atoms with Gasteiger partial charge in [-0.1, -0.05) is 36.4 Å². The van der Waals surface area contributed by atoms with E-state index in [0.29, 0.717) is 16.6 Å². The zero-order valence-corrected chi connectivity index (χ0v) is 15.6. The minimum atomic E-state index is -0.513. The number of nitro groups is 1. The van der Waals surface area contributed by atoms with Crippen LogP contribution in [0.3, 0.4) is 0 Å². The minimum absolute atomic E-state index is 0.148. The molecule has 0 fully saturated rings. The summed E-state index contributed by atoms with van der Waals surface area (Å²) in [5.41, 5.74) is 8.06. The molecule has 7 heteroatoms. The van der Waals surface area contributed by atoms with E-state index in [2.05, 4.69) is 4.98 Å². The Labute approximate surface area is 166 Å². The lowest BCUT2D eigenvalue weighted by Crippen LogP contribution is -2.27. The van der Waals surface area contributed by atoms with E-state index in [9.17, 15) is 14.9 Å². The van der Waals surface area contributed by atoms with Crippen molar-refractivity contribution in [2.24, 2.45) is 0 Å². The van der Waals surface area contributed by atoms with Crippen molar-refractivity contribution in [3.63, 3.8) is 0 Å². The number of pyridine rings is 2. The predicted molar refractivity (Wildman–Crippen MR) is 113 cm³/mol. The second kappa shape index (κ2) is 7.20. The zero-order chi connectivity index (χ0) is 20.5. The molecule has 144 valence electrons. The number of nitro benzene ring substituents is 1. The third-order valence-corrected chi connectivity index (χ3v) is 5.04. The van der Waals surface area contributed by atoms with E-state index in [0.717, 1.165) is 5.56 Å². The van der Waals surface area contributed by atoms with Gasteiger partial charge >= 0.3 is 0 Å². The summed E-state index contributed by atoms with van der Waals surface area (Å²) in [7, 11) is 0. The normalized spacial score (nSPS) is 12.0. The van der Waals surface area contributed by atoms with Crippen LogP contribution in [0.4, 0.5) is 11.5 Å². The summed E-state index contributed by atoms with van der Waals surface area (Å²) in [6, 6.07) is 18.8. The van der Waals surface area contributed by atoms with Crippen molar-refractivity contribution in [2.75, 3.05) is 5.73 Å². The molecule has 1 atom stereocenters. The molecule has 7 nitrogen and oxygen atoms in total. The molecule has 4 aromatic rings. The summed E-state index contributed by atoms with van der Waals surface area (Å²) in [4.78, 5) is 28.5. The molecule has 2 heterocycles. The number of rotatable bonds is 4. The Kier molecular flexibility index (Phi) is 4.56. The van der Waals surface area contributed by atoms with Crippen LogP contribution in [0.15, 0.2) is 77.7 Å². The maximum absolute atomic E-state index is 13.4. The summed E-state index contributed by atoms with van der Waals surface area (Å²) < 4.78 is 1.48. The Hall–Kier alpha value is -4.00. The van der Waals surface area contributed by atoms with E-state index >= 15 is 0 Å². The monoisotopic (exact) mass is 386 g/mol. The van der Waals surface area contributed by atoms with Crippen LogP contribution in [0.2, 0.25) is 0 Å². The smallest absolute Gasteiger partial charge is 0.270 e. The fourth-order valence-electron chi connectivity index (χ4n) is 3.58. The molecule has 2 aromatic carbocycles. The first-order chi connectivity index (χ1) is 14.0. The highest BCUT2D eigenvalue weighted by Gasteiger charge is 2.22. The van der Waals surface area contributed by atoms with E-state index in [1.54, 1.807) is 24.4 Å². The van der Waals surface area contributed by atoms with E-state index in [1.807, 2.05) is 43.3 Å². The quantitative estimate of drug-likeness (QED) is 0.419. The molecular weight excluding hydrogens is 368 g/mol. The zero-order valence-electron chi connectivity index (χ0n) is 15.6. The molecule has 29 heavy (non-hydrogen) atoms.